The normalized spacial score (nSPS) is 9.65. The number of hydrogen-bond donors (Lipinski definition) is 3. The maximum Gasteiger partial charge on any atom is 0.338 e. The topological polar surface area (TPSA) is 117 Å². The summed E-state index contributed by atoms with van der Waals surface area (Å²) in [4.78, 5) is 22.0. The predicted octanol–water partition coefficient (Wildman–Crippen LogP) is 3.47. The second kappa shape index (κ2) is 5.75. The number of primary amides is 1. The van der Waals surface area contributed by atoms with Crippen molar-refractivity contribution in [1.29, 1.82) is 0 Å². The summed E-state index contributed by atoms with van der Waals surface area (Å²) in [5, 5.41) is 7.72. The van der Waals surface area contributed by atoms with Gasteiger partial charge in [0.15, 0.2) is 0 Å². The van der Waals surface area contributed by atoms with Crippen LogP contribution in [-0.4, -0.2) is 17.0 Å². The van der Waals surface area contributed by atoms with Gasteiger partial charge in [0, 0.05) is 0 Å². The highest BCUT2D eigenvalue weighted by atomic mass is 35.5. The van der Waals surface area contributed by atoms with Crippen molar-refractivity contribution >= 4 is 58.3 Å². The van der Waals surface area contributed by atoms with Crippen molar-refractivity contribution in [3.05, 3.63) is 31.2 Å². The van der Waals surface area contributed by atoms with Gasteiger partial charge in [-0.05, 0) is 0 Å². The van der Waals surface area contributed by atoms with Crippen molar-refractivity contribution < 1.29 is 14.7 Å². The van der Waals surface area contributed by atoms with E-state index < -0.39 is 23.0 Å². The second-order valence-electron chi connectivity index (χ2n) is 2.68. The zero-order chi connectivity index (χ0) is 12.6. The molecular weight excluding hydrogens is 314 g/mol. The van der Waals surface area contributed by atoms with Crippen LogP contribution in [0, 0.1) is 0 Å². The molecule has 0 radical (unpaired) electrons. The van der Waals surface area contributed by atoms with Gasteiger partial charge in [-0.2, -0.15) is 0 Å². The van der Waals surface area contributed by atoms with Gasteiger partial charge in [-0.15, -0.1) is 0 Å². The summed E-state index contributed by atoms with van der Waals surface area (Å²) in [6.07, 6.45) is 0. The minimum absolute atomic E-state index is 0. The van der Waals surface area contributed by atoms with E-state index in [0.29, 0.717) is 0 Å². The Morgan fingerprint density at radius 3 is 1.53 bits per heavy atom. The van der Waals surface area contributed by atoms with Gasteiger partial charge in [0.05, 0.1) is 31.2 Å². The molecular formula is C8H7Cl4N2O3+. The number of aromatic carboxylic acids is 1. The van der Waals surface area contributed by atoms with Crippen molar-refractivity contribution in [1.82, 2.24) is 6.15 Å². The van der Waals surface area contributed by atoms with E-state index in [-0.39, 0.29) is 26.2 Å². The van der Waals surface area contributed by atoms with E-state index in [0.717, 1.165) is 0 Å². The summed E-state index contributed by atoms with van der Waals surface area (Å²) in [6, 6.07) is 0. The summed E-state index contributed by atoms with van der Waals surface area (Å²) >= 11 is 22.6. The van der Waals surface area contributed by atoms with Crippen LogP contribution in [0.4, 0.5) is 0 Å². The minimum atomic E-state index is -1.47. The van der Waals surface area contributed by atoms with Crippen LogP contribution in [0.15, 0.2) is 0 Å². The molecule has 0 spiro atoms. The smallest absolute Gasteiger partial charge is 0.338 e. The highest BCUT2D eigenvalue weighted by molar-refractivity contribution is 6.54. The van der Waals surface area contributed by atoms with Crippen molar-refractivity contribution in [3.8, 4) is 0 Å². The van der Waals surface area contributed by atoms with Crippen molar-refractivity contribution in [2.45, 2.75) is 0 Å². The number of rotatable bonds is 2. The molecule has 0 heterocycles. The van der Waals surface area contributed by atoms with Crippen LogP contribution in [0.2, 0.25) is 20.1 Å². The van der Waals surface area contributed by atoms with Crippen LogP contribution in [0.3, 0.4) is 0 Å². The molecule has 1 amide bonds. The Kier molecular flexibility index (Phi) is 5.51. The average Bonchev–Trinajstić information content (AvgIpc) is 2.18. The molecule has 7 N–H and O–H groups in total. The maximum absolute atomic E-state index is 11.1. The predicted molar refractivity (Wildman–Crippen MR) is 67.9 cm³/mol. The number of nitrogens with two attached hydrogens (primary N) is 1. The van der Waals surface area contributed by atoms with E-state index in [9.17, 15) is 9.59 Å². The maximum atomic E-state index is 11.1. The fourth-order valence-corrected chi connectivity index (χ4v) is 2.09. The number of benzene rings is 1. The van der Waals surface area contributed by atoms with E-state index in [4.69, 9.17) is 57.2 Å². The molecule has 1 aromatic rings. The van der Waals surface area contributed by atoms with Crippen LogP contribution < -0.4 is 11.9 Å². The number of carboxylic acid groups (broad SMARTS) is 1. The standard InChI is InChI=1S/C8H3Cl4NO3.H3N/c9-3-1(7(13)14)2(8(15)16)4(10)6(12)5(3)11;/h(H2,13,14)(H,15,16);1H3/p+1. The zero-order valence-corrected chi connectivity index (χ0v) is 11.4. The summed E-state index contributed by atoms with van der Waals surface area (Å²) in [5.41, 5.74) is 3.97. The van der Waals surface area contributed by atoms with Crippen molar-refractivity contribution in [2.24, 2.45) is 5.73 Å². The van der Waals surface area contributed by atoms with Gasteiger partial charge in [0.25, 0.3) is 5.91 Å². The minimum Gasteiger partial charge on any atom is -0.478 e. The molecule has 0 aliphatic heterocycles. The summed E-state index contributed by atoms with van der Waals surface area (Å²) in [7, 11) is 0. The van der Waals surface area contributed by atoms with Crippen LogP contribution in [0.5, 0.6) is 0 Å². The van der Waals surface area contributed by atoms with Crippen molar-refractivity contribution in [2.75, 3.05) is 0 Å². The molecule has 0 saturated carbocycles. The number of carbonyl (C=O) groups is 2. The Hall–Kier alpha value is -0.720. The lowest BCUT2D eigenvalue weighted by Crippen LogP contribution is -2.18. The number of carbonyl (C=O) groups excluding carboxylic acids is 1. The highest BCUT2D eigenvalue weighted by Crippen LogP contribution is 2.41. The number of carboxylic acids is 1. The number of hydrogen-bond acceptors (Lipinski definition) is 2. The van der Waals surface area contributed by atoms with Gasteiger partial charge in [-0.25, -0.2) is 4.79 Å². The Morgan fingerprint density at radius 2 is 1.24 bits per heavy atom. The number of halogens is 4. The summed E-state index contributed by atoms with van der Waals surface area (Å²) < 4.78 is 0. The molecule has 17 heavy (non-hydrogen) atoms. The van der Waals surface area contributed by atoms with Gasteiger partial charge < -0.3 is 17.0 Å². The van der Waals surface area contributed by atoms with Gasteiger partial charge in [-0.1, -0.05) is 46.4 Å². The molecule has 0 bridgehead atoms. The molecule has 0 fully saturated rings. The molecule has 0 aliphatic rings. The van der Waals surface area contributed by atoms with E-state index >= 15 is 0 Å². The lowest BCUT2D eigenvalue weighted by molar-refractivity contribution is 0.0692. The first-order chi connectivity index (χ1) is 7.29. The van der Waals surface area contributed by atoms with E-state index in [1.807, 2.05) is 0 Å². The highest BCUT2D eigenvalue weighted by Gasteiger charge is 2.27. The van der Waals surface area contributed by atoms with E-state index in [2.05, 4.69) is 0 Å². The molecule has 0 atom stereocenters. The Labute approximate surface area is 116 Å². The fraction of sp³-hybridized carbons (Fsp3) is 0. The van der Waals surface area contributed by atoms with Crippen LogP contribution in [0.1, 0.15) is 20.7 Å². The third-order valence-corrected chi connectivity index (χ3v) is 3.53. The number of amides is 1. The quantitative estimate of drug-likeness (QED) is 0.572. The molecule has 0 aromatic heterocycles. The largest absolute Gasteiger partial charge is 0.478 e. The first-order valence-electron chi connectivity index (χ1n) is 3.68. The molecule has 94 valence electrons. The summed E-state index contributed by atoms with van der Waals surface area (Å²) in [5.74, 6) is -2.53. The Morgan fingerprint density at radius 1 is 0.882 bits per heavy atom. The molecule has 0 unspecified atom stereocenters. The van der Waals surface area contributed by atoms with Crippen molar-refractivity contribution in [3.63, 3.8) is 0 Å². The lowest BCUT2D eigenvalue weighted by atomic mass is 10.1. The van der Waals surface area contributed by atoms with Gasteiger partial charge in [0.1, 0.15) is 0 Å². The van der Waals surface area contributed by atoms with Crippen LogP contribution >= 0.6 is 46.4 Å². The average molecular weight is 321 g/mol. The molecule has 9 heteroatoms. The van der Waals surface area contributed by atoms with E-state index in [1.54, 1.807) is 0 Å². The van der Waals surface area contributed by atoms with Crippen LogP contribution in [-0.2, 0) is 0 Å². The molecule has 0 aliphatic carbocycles. The van der Waals surface area contributed by atoms with Crippen LogP contribution in [0.25, 0.3) is 0 Å². The number of quaternary nitrogens is 1. The molecule has 1 rings (SSSR count). The molecule has 1 aromatic carbocycles. The van der Waals surface area contributed by atoms with Gasteiger partial charge in [0.2, 0.25) is 0 Å². The van der Waals surface area contributed by atoms with Gasteiger partial charge in [-0.3, -0.25) is 4.79 Å². The third-order valence-electron chi connectivity index (χ3n) is 1.73. The third kappa shape index (κ3) is 2.75. The first-order valence-corrected chi connectivity index (χ1v) is 5.19. The zero-order valence-electron chi connectivity index (χ0n) is 8.35. The molecule has 0 saturated heterocycles. The molecule has 5 nitrogen and oxygen atoms in total. The van der Waals surface area contributed by atoms with Gasteiger partial charge >= 0.3 is 5.97 Å². The Bertz CT molecular complexity index is 459. The van der Waals surface area contributed by atoms with E-state index in [1.165, 1.54) is 0 Å². The fourth-order valence-electron chi connectivity index (χ4n) is 1.06. The summed E-state index contributed by atoms with van der Waals surface area (Å²) in [6.45, 7) is 0. The SMILES string of the molecule is NC(=O)c1c(Cl)c(Cl)c(Cl)c(Cl)c1C(=O)O.[NH4+]. The Balaban J connectivity index is 0.00000256. The lowest BCUT2D eigenvalue weighted by Gasteiger charge is -2.10. The monoisotopic (exact) mass is 319 g/mol. The first kappa shape index (κ1) is 16.3. The second-order valence-corrected chi connectivity index (χ2v) is 4.19.